The molecule has 0 aromatic carbocycles. The Hall–Kier alpha value is -0.0800. The lowest BCUT2D eigenvalue weighted by atomic mass is 9.77. The van der Waals surface area contributed by atoms with Crippen LogP contribution in [0.25, 0.3) is 0 Å². The maximum absolute atomic E-state index is 6.07. The summed E-state index contributed by atoms with van der Waals surface area (Å²) in [6, 6.07) is 1.25. The van der Waals surface area contributed by atoms with E-state index in [4.69, 9.17) is 5.73 Å². The monoisotopic (exact) mass is 210 g/mol. The summed E-state index contributed by atoms with van der Waals surface area (Å²) in [5.41, 5.74) is 6.07. The van der Waals surface area contributed by atoms with Gasteiger partial charge in [0.2, 0.25) is 0 Å². The van der Waals surface area contributed by atoms with Crippen LogP contribution in [0.3, 0.4) is 0 Å². The zero-order valence-electron chi connectivity index (χ0n) is 10.3. The van der Waals surface area contributed by atoms with Crippen LogP contribution < -0.4 is 5.73 Å². The van der Waals surface area contributed by atoms with Gasteiger partial charge in [-0.25, -0.2) is 0 Å². The molecular weight excluding hydrogens is 184 g/mol. The van der Waals surface area contributed by atoms with Crippen LogP contribution in [0.1, 0.15) is 46.0 Å². The molecule has 2 aliphatic rings. The first kappa shape index (κ1) is 11.4. The Labute approximate surface area is 94.2 Å². The van der Waals surface area contributed by atoms with Crippen molar-refractivity contribution in [1.29, 1.82) is 0 Å². The molecule has 0 aromatic heterocycles. The quantitative estimate of drug-likeness (QED) is 0.719. The molecule has 4 atom stereocenters. The van der Waals surface area contributed by atoms with Gasteiger partial charge in [-0.3, -0.25) is 4.90 Å². The summed E-state index contributed by atoms with van der Waals surface area (Å²) in [6.07, 6.45) is 6.78. The Morgan fingerprint density at radius 2 is 1.87 bits per heavy atom. The topological polar surface area (TPSA) is 29.3 Å². The van der Waals surface area contributed by atoms with E-state index in [0.29, 0.717) is 6.04 Å². The van der Waals surface area contributed by atoms with Crippen molar-refractivity contribution in [2.24, 2.45) is 17.6 Å². The van der Waals surface area contributed by atoms with E-state index in [0.717, 1.165) is 24.4 Å². The standard InChI is InChI=1S/C13H26N2/c1-10-5-3-7-13(11(10)2)15-8-4-6-12(14)9-15/h10-13H,3-9,14H2,1-2H3. The van der Waals surface area contributed by atoms with Gasteiger partial charge in [-0.15, -0.1) is 0 Å². The van der Waals surface area contributed by atoms with E-state index in [-0.39, 0.29) is 0 Å². The molecule has 88 valence electrons. The second-order valence-electron chi connectivity index (χ2n) is 5.73. The predicted molar refractivity (Wildman–Crippen MR) is 64.7 cm³/mol. The molecule has 2 heteroatoms. The van der Waals surface area contributed by atoms with Crippen LogP contribution in [0.4, 0.5) is 0 Å². The van der Waals surface area contributed by atoms with Crippen molar-refractivity contribution >= 4 is 0 Å². The number of hydrogen-bond acceptors (Lipinski definition) is 2. The molecular formula is C13H26N2. The van der Waals surface area contributed by atoms with E-state index in [1.54, 1.807) is 0 Å². The highest BCUT2D eigenvalue weighted by molar-refractivity contribution is 4.88. The lowest BCUT2D eigenvalue weighted by Crippen LogP contribution is -2.51. The van der Waals surface area contributed by atoms with Gasteiger partial charge in [0, 0.05) is 18.6 Å². The molecule has 2 rings (SSSR count). The third kappa shape index (κ3) is 2.54. The van der Waals surface area contributed by atoms with Gasteiger partial charge in [0.1, 0.15) is 0 Å². The van der Waals surface area contributed by atoms with E-state index < -0.39 is 0 Å². The van der Waals surface area contributed by atoms with Crippen molar-refractivity contribution in [2.45, 2.75) is 58.0 Å². The predicted octanol–water partition coefficient (Wildman–Crippen LogP) is 2.23. The molecule has 0 bridgehead atoms. The van der Waals surface area contributed by atoms with Gasteiger partial charge in [-0.05, 0) is 37.6 Å². The third-order valence-electron chi connectivity index (χ3n) is 4.62. The molecule has 2 N–H and O–H groups in total. The van der Waals surface area contributed by atoms with Crippen LogP contribution in [0.15, 0.2) is 0 Å². The second kappa shape index (κ2) is 4.84. The molecule has 15 heavy (non-hydrogen) atoms. The van der Waals surface area contributed by atoms with Crippen LogP contribution in [0.5, 0.6) is 0 Å². The van der Waals surface area contributed by atoms with Gasteiger partial charge >= 0.3 is 0 Å². The fraction of sp³-hybridized carbons (Fsp3) is 1.00. The number of hydrogen-bond donors (Lipinski definition) is 1. The summed E-state index contributed by atoms with van der Waals surface area (Å²) in [6.45, 7) is 7.28. The lowest BCUT2D eigenvalue weighted by Gasteiger charge is -2.44. The molecule has 1 heterocycles. The highest BCUT2D eigenvalue weighted by Gasteiger charge is 2.33. The van der Waals surface area contributed by atoms with Crippen LogP contribution in [-0.4, -0.2) is 30.1 Å². The Morgan fingerprint density at radius 3 is 2.60 bits per heavy atom. The molecule has 0 radical (unpaired) electrons. The maximum atomic E-state index is 6.07. The SMILES string of the molecule is CC1CCCC(N2CCCC(N)C2)C1C. The second-order valence-corrected chi connectivity index (χ2v) is 5.73. The van der Waals surface area contributed by atoms with Gasteiger partial charge in [0.15, 0.2) is 0 Å². The van der Waals surface area contributed by atoms with Crippen LogP contribution in [-0.2, 0) is 0 Å². The van der Waals surface area contributed by atoms with E-state index in [2.05, 4.69) is 18.7 Å². The molecule has 0 aromatic rings. The molecule has 1 saturated heterocycles. The first-order valence-corrected chi connectivity index (χ1v) is 6.68. The van der Waals surface area contributed by atoms with E-state index in [1.807, 2.05) is 0 Å². The van der Waals surface area contributed by atoms with Crippen LogP contribution in [0.2, 0.25) is 0 Å². The molecule has 1 saturated carbocycles. The minimum atomic E-state index is 0.434. The average Bonchev–Trinajstić information content (AvgIpc) is 2.22. The molecule has 0 spiro atoms. The van der Waals surface area contributed by atoms with Crippen LogP contribution in [0, 0.1) is 11.8 Å². The Morgan fingerprint density at radius 1 is 1.07 bits per heavy atom. The summed E-state index contributed by atoms with van der Waals surface area (Å²) < 4.78 is 0. The fourth-order valence-corrected chi connectivity index (χ4v) is 3.41. The van der Waals surface area contributed by atoms with Gasteiger partial charge in [0.25, 0.3) is 0 Å². The molecule has 2 nitrogen and oxygen atoms in total. The summed E-state index contributed by atoms with van der Waals surface area (Å²) in [7, 11) is 0. The Balaban J connectivity index is 1.96. The number of nitrogens with two attached hydrogens (primary N) is 1. The van der Waals surface area contributed by atoms with Crippen molar-refractivity contribution in [2.75, 3.05) is 13.1 Å². The highest BCUT2D eigenvalue weighted by Crippen LogP contribution is 2.33. The smallest absolute Gasteiger partial charge is 0.0168 e. The first-order valence-electron chi connectivity index (χ1n) is 6.68. The zero-order valence-corrected chi connectivity index (χ0v) is 10.3. The number of nitrogens with zero attached hydrogens (tertiary/aromatic N) is 1. The Kier molecular flexibility index (Phi) is 3.68. The van der Waals surface area contributed by atoms with Crippen LogP contribution >= 0.6 is 0 Å². The number of piperidine rings is 1. The van der Waals surface area contributed by atoms with Crippen molar-refractivity contribution in [3.05, 3.63) is 0 Å². The maximum Gasteiger partial charge on any atom is 0.0168 e. The number of rotatable bonds is 1. The minimum Gasteiger partial charge on any atom is -0.327 e. The molecule has 4 unspecified atom stereocenters. The largest absolute Gasteiger partial charge is 0.327 e. The zero-order chi connectivity index (χ0) is 10.8. The fourth-order valence-electron chi connectivity index (χ4n) is 3.41. The van der Waals surface area contributed by atoms with Gasteiger partial charge < -0.3 is 5.73 Å². The van der Waals surface area contributed by atoms with Crippen molar-refractivity contribution in [1.82, 2.24) is 4.90 Å². The normalized spacial score (nSPS) is 44.2. The van der Waals surface area contributed by atoms with Crippen molar-refractivity contribution in [3.63, 3.8) is 0 Å². The van der Waals surface area contributed by atoms with Gasteiger partial charge in [-0.2, -0.15) is 0 Å². The van der Waals surface area contributed by atoms with Gasteiger partial charge in [-0.1, -0.05) is 26.7 Å². The van der Waals surface area contributed by atoms with Gasteiger partial charge in [0.05, 0.1) is 0 Å². The summed E-state index contributed by atoms with van der Waals surface area (Å²) in [5.74, 6) is 1.77. The summed E-state index contributed by atoms with van der Waals surface area (Å²) in [4.78, 5) is 2.68. The third-order valence-corrected chi connectivity index (χ3v) is 4.62. The summed E-state index contributed by atoms with van der Waals surface area (Å²) in [5, 5.41) is 0. The molecule has 0 amide bonds. The van der Waals surface area contributed by atoms with Crippen molar-refractivity contribution < 1.29 is 0 Å². The average molecular weight is 210 g/mol. The lowest BCUT2D eigenvalue weighted by molar-refractivity contribution is 0.0596. The molecule has 1 aliphatic heterocycles. The van der Waals surface area contributed by atoms with Crippen molar-refractivity contribution in [3.8, 4) is 0 Å². The Bertz CT molecular complexity index is 205. The van der Waals surface area contributed by atoms with E-state index in [1.165, 1.54) is 38.6 Å². The minimum absolute atomic E-state index is 0.434. The molecule has 1 aliphatic carbocycles. The molecule has 2 fully saturated rings. The van der Waals surface area contributed by atoms with E-state index >= 15 is 0 Å². The van der Waals surface area contributed by atoms with E-state index in [9.17, 15) is 0 Å². The number of likely N-dealkylation sites (tertiary alicyclic amines) is 1. The summed E-state index contributed by atoms with van der Waals surface area (Å²) >= 11 is 0. The first-order chi connectivity index (χ1) is 7.18. The highest BCUT2D eigenvalue weighted by atomic mass is 15.2.